The summed E-state index contributed by atoms with van der Waals surface area (Å²) in [5.41, 5.74) is 0.621. The minimum Gasteiger partial charge on any atom is -0.465 e. The largest absolute Gasteiger partial charge is 0.465 e. The van der Waals surface area contributed by atoms with Gasteiger partial charge in [0.05, 0.1) is 5.41 Å². The Hall–Kier alpha value is -2.88. The van der Waals surface area contributed by atoms with Crippen LogP contribution in [0.4, 0.5) is 14.9 Å². The molecule has 0 bridgehead atoms. The number of hydrogen-bond acceptors (Lipinski definition) is 5. The Labute approximate surface area is 199 Å². The number of benzene rings is 1. The Bertz CT molecular complexity index is 895. The predicted molar refractivity (Wildman–Crippen MR) is 125 cm³/mol. The predicted octanol–water partition coefficient (Wildman–Crippen LogP) is 1.49. The zero-order valence-electron chi connectivity index (χ0n) is 19.6. The molecule has 10 heteroatoms. The highest BCUT2D eigenvalue weighted by Crippen LogP contribution is 2.41. The maximum Gasteiger partial charge on any atom is 0.405 e. The summed E-state index contributed by atoms with van der Waals surface area (Å²) in [6.07, 6.45) is 1.68. The fourth-order valence-electron chi connectivity index (χ4n) is 5.46. The molecule has 0 radical (unpaired) electrons. The molecule has 3 fully saturated rings. The van der Waals surface area contributed by atoms with E-state index in [0.29, 0.717) is 25.9 Å². The summed E-state index contributed by atoms with van der Waals surface area (Å²) >= 11 is 0. The monoisotopic (exact) mass is 475 g/mol. The molecular formula is C24H34FN5O4. The Morgan fingerprint density at radius 2 is 1.79 bits per heavy atom. The fraction of sp³-hybridized carbons (Fsp3) is 0.625. The molecule has 0 aliphatic carbocycles. The molecule has 1 spiro atoms. The van der Waals surface area contributed by atoms with Gasteiger partial charge in [0, 0.05) is 57.5 Å². The molecule has 186 valence electrons. The first-order valence-corrected chi connectivity index (χ1v) is 12.1. The Kier molecular flexibility index (Phi) is 7.25. The molecule has 4 rings (SSSR count). The van der Waals surface area contributed by atoms with Crippen LogP contribution in [0.25, 0.3) is 0 Å². The first-order valence-electron chi connectivity index (χ1n) is 12.1. The van der Waals surface area contributed by atoms with Gasteiger partial charge in [0.1, 0.15) is 11.9 Å². The second-order valence-electron chi connectivity index (χ2n) is 9.75. The van der Waals surface area contributed by atoms with E-state index in [2.05, 4.69) is 20.4 Å². The van der Waals surface area contributed by atoms with Crippen LogP contribution in [-0.2, 0) is 9.59 Å². The second-order valence-corrected chi connectivity index (χ2v) is 9.75. The molecule has 1 aromatic carbocycles. The number of carboxylic acid groups (broad SMARTS) is 1. The van der Waals surface area contributed by atoms with Crippen LogP contribution in [0.15, 0.2) is 24.3 Å². The lowest BCUT2D eigenvalue weighted by Gasteiger charge is -2.38. The number of nitrogens with zero attached hydrogens (tertiary/aromatic N) is 3. The molecular weight excluding hydrogens is 441 g/mol. The van der Waals surface area contributed by atoms with Gasteiger partial charge in [-0.25, -0.2) is 9.18 Å². The number of hydrogen-bond donors (Lipinski definition) is 3. The topological polar surface area (TPSA) is 105 Å². The Morgan fingerprint density at radius 3 is 2.41 bits per heavy atom. The zero-order chi connectivity index (χ0) is 24.3. The van der Waals surface area contributed by atoms with Gasteiger partial charge in [0.2, 0.25) is 11.8 Å². The van der Waals surface area contributed by atoms with Gasteiger partial charge in [-0.2, -0.15) is 0 Å². The number of nitrogens with one attached hydrogen (secondary N) is 2. The highest BCUT2D eigenvalue weighted by Gasteiger charge is 2.48. The second kappa shape index (κ2) is 10.2. The number of amides is 3. The van der Waals surface area contributed by atoms with E-state index >= 15 is 0 Å². The molecule has 3 aliphatic rings. The van der Waals surface area contributed by atoms with Crippen molar-refractivity contribution in [2.75, 3.05) is 50.7 Å². The molecule has 3 heterocycles. The van der Waals surface area contributed by atoms with Crippen molar-refractivity contribution in [2.24, 2.45) is 5.41 Å². The van der Waals surface area contributed by atoms with Gasteiger partial charge in [-0.1, -0.05) is 0 Å². The number of piperazine rings is 1. The lowest BCUT2D eigenvalue weighted by Crippen LogP contribution is -2.52. The van der Waals surface area contributed by atoms with Crippen LogP contribution in [-0.4, -0.2) is 90.7 Å². The average molecular weight is 476 g/mol. The molecule has 1 aromatic rings. The number of halogens is 1. The van der Waals surface area contributed by atoms with Crippen molar-refractivity contribution in [3.05, 3.63) is 30.1 Å². The van der Waals surface area contributed by atoms with E-state index in [0.717, 1.165) is 51.3 Å². The van der Waals surface area contributed by atoms with E-state index < -0.39 is 17.6 Å². The van der Waals surface area contributed by atoms with E-state index in [-0.39, 0.29) is 23.7 Å². The molecule has 34 heavy (non-hydrogen) atoms. The van der Waals surface area contributed by atoms with Crippen molar-refractivity contribution in [3.63, 3.8) is 0 Å². The minimum atomic E-state index is -1.22. The molecule has 9 nitrogen and oxygen atoms in total. The highest BCUT2D eigenvalue weighted by atomic mass is 19.1. The lowest BCUT2D eigenvalue weighted by atomic mass is 9.75. The zero-order valence-corrected chi connectivity index (χ0v) is 19.6. The van der Waals surface area contributed by atoms with Gasteiger partial charge >= 0.3 is 6.09 Å². The van der Waals surface area contributed by atoms with Crippen molar-refractivity contribution in [1.82, 2.24) is 20.4 Å². The number of piperidine rings is 1. The van der Waals surface area contributed by atoms with Crippen LogP contribution in [0.5, 0.6) is 0 Å². The van der Waals surface area contributed by atoms with Gasteiger partial charge in [0.25, 0.3) is 0 Å². The SMILES string of the molecule is CC(NC(=O)O)C(=O)N1CCC2(CC1)C[C@H](CCN1CCN(c3ccc(F)cc3)CC1)NC2=O. The number of likely N-dealkylation sites (tertiary alicyclic amines) is 1. The summed E-state index contributed by atoms with van der Waals surface area (Å²) in [6, 6.07) is 5.97. The fourth-order valence-corrected chi connectivity index (χ4v) is 5.46. The van der Waals surface area contributed by atoms with E-state index in [9.17, 15) is 18.8 Å². The van der Waals surface area contributed by atoms with Crippen LogP contribution in [0.3, 0.4) is 0 Å². The summed E-state index contributed by atoms with van der Waals surface area (Å²) in [7, 11) is 0. The van der Waals surface area contributed by atoms with Crippen LogP contribution in [0.1, 0.15) is 32.6 Å². The van der Waals surface area contributed by atoms with Gasteiger partial charge in [-0.05, 0) is 56.9 Å². The van der Waals surface area contributed by atoms with Crippen LogP contribution < -0.4 is 15.5 Å². The van der Waals surface area contributed by atoms with E-state index in [4.69, 9.17) is 5.11 Å². The van der Waals surface area contributed by atoms with Crippen LogP contribution >= 0.6 is 0 Å². The van der Waals surface area contributed by atoms with Crippen LogP contribution in [0, 0.1) is 11.2 Å². The maximum atomic E-state index is 13.2. The molecule has 3 N–H and O–H groups in total. The summed E-state index contributed by atoms with van der Waals surface area (Å²) in [6.45, 7) is 7.05. The van der Waals surface area contributed by atoms with E-state index in [1.165, 1.54) is 12.1 Å². The maximum absolute atomic E-state index is 13.2. The number of carbonyl (C=O) groups excluding carboxylic acids is 2. The Morgan fingerprint density at radius 1 is 1.15 bits per heavy atom. The summed E-state index contributed by atoms with van der Waals surface area (Å²) in [5, 5.41) is 14.2. The molecule has 0 aromatic heterocycles. The minimum absolute atomic E-state index is 0.0856. The molecule has 3 aliphatic heterocycles. The quantitative estimate of drug-likeness (QED) is 0.576. The summed E-state index contributed by atoms with van der Waals surface area (Å²) < 4.78 is 13.2. The third-order valence-electron chi connectivity index (χ3n) is 7.55. The lowest BCUT2D eigenvalue weighted by molar-refractivity contribution is -0.139. The van der Waals surface area contributed by atoms with Crippen molar-refractivity contribution in [1.29, 1.82) is 0 Å². The van der Waals surface area contributed by atoms with Crippen LogP contribution in [0.2, 0.25) is 0 Å². The highest BCUT2D eigenvalue weighted by molar-refractivity contribution is 5.87. The smallest absolute Gasteiger partial charge is 0.405 e. The molecule has 0 saturated carbocycles. The third kappa shape index (κ3) is 5.43. The summed E-state index contributed by atoms with van der Waals surface area (Å²) in [5.74, 6) is -0.379. The van der Waals surface area contributed by atoms with Crippen molar-refractivity contribution < 1.29 is 23.9 Å². The van der Waals surface area contributed by atoms with Crippen molar-refractivity contribution in [3.8, 4) is 0 Å². The summed E-state index contributed by atoms with van der Waals surface area (Å²) in [4.78, 5) is 42.4. The third-order valence-corrected chi connectivity index (χ3v) is 7.55. The normalized spacial score (nSPS) is 23.6. The van der Waals surface area contributed by atoms with Gasteiger partial charge in [-0.15, -0.1) is 0 Å². The van der Waals surface area contributed by atoms with E-state index in [1.807, 2.05) is 12.1 Å². The van der Waals surface area contributed by atoms with Gasteiger partial charge < -0.3 is 25.5 Å². The first-order chi connectivity index (χ1) is 16.3. The van der Waals surface area contributed by atoms with Crippen molar-refractivity contribution in [2.45, 2.75) is 44.7 Å². The first kappa shape index (κ1) is 24.3. The Balaban J connectivity index is 1.21. The molecule has 3 amide bonds. The molecule has 3 saturated heterocycles. The van der Waals surface area contributed by atoms with Gasteiger partial charge in [-0.3, -0.25) is 14.5 Å². The van der Waals surface area contributed by atoms with E-state index in [1.54, 1.807) is 11.8 Å². The average Bonchev–Trinajstić information content (AvgIpc) is 3.12. The number of rotatable bonds is 6. The standard InChI is InChI=1S/C24H34FN5O4/c1-17(26-23(33)34)21(31)30-10-7-24(8-11-30)16-19(27-22(24)32)6-9-28-12-14-29(15-13-28)20-4-2-18(25)3-5-20/h2-5,17,19,26H,6-16H2,1H3,(H,27,32)(H,33,34)/t17?,19-/m0/s1. The van der Waals surface area contributed by atoms with Gasteiger partial charge in [0.15, 0.2) is 0 Å². The molecule has 1 unspecified atom stereocenters. The number of anilines is 1. The van der Waals surface area contributed by atoms with Crippen molar-refractivity contribution >= 4 is 23.6 Å². The molecule has 2 atom stereocenters. The number of carbonyl (C=O) groups is 3.